The summed E-state index contributed by atoms with van der Waals surface area (Å²) in [6.07, 6.45) is 5.40. The topological polar surface area (TPSA) is 40.5 Å². The number of hydrogen-bond acceptors (Lipinski definition) is 1. The zero-order chi connectivity index (χ0) is 11.9. The van der Waals surface area contributed by atoms with Crippen LogP contribution in [0.25, 0.3) is 6.08 Å². The Morgan fingerprint density at radius 1 is 1.35 bits per heavy atom. The lowest BCUT2D eigenvalue weighted by molar-refractivity contribution is 0.153. The van der Waals surface area contributed by atoms with Crippen molar-refractivity contribution >= 4 is 12.2 Å². The minimum absolute atomic E-state index is 0.0176. The van der Waals surface area contributed by atoms with E-state index in [1.165, 1.54) is 16.0 Å². The van der Waals surface area contributed by atoms with E-state index in [4.69, 9.17) is 5.11 Å². The maximum atomic E-state index is 11.0. The second-order valence-electron chi connectivity index (χ2n) is 4.93. The van der Waals surface area contributed by atoms with Gasteiger partial charge in [-0.2, -0.15) is 0 Å². The van der Waals surface area contributed by atoms with Gasteiger partial charge in [0.05, 0.1) is 0 Å². The molecule has 0 radical (unpaired) electrons. The number of nitrogens with zero attached hydrogens (tertiary/aromatic N) is 1. The molecule has 1 heterocycles. The van der Waals surface area contributed by atoms with Crippen LogP contribution in [0.4, 0.5) is 4.79 Å². The van der Waals surface area contributed by atoms with E-state index >= 15 is 0 Å². The molecule has 88 valence electrons. The molecule has 1 spiro atoms. The Morgan fingerprint density at radius 3 is 2.94 bits per heavy atom. The molecule has 0 saturated carbocycles. The number of likely N-dealkylation sites (tertiary alicyclic amines) is 1. The van der Waals surface area contributed by atoms with Gasteiger partial charge in [0.25, 0.3) is 0 Å². The zero-order valence-electron chi connectivity index (χ0n) is 9.60. The molecule has 1 aromatic carbocycles. The van der Waals surface area contributed by atoms with Crippen molar-refractivity contribution in [3.63, 3.8) is 0 Å². The highest BCUT2D eigenvalue weighted by Crippen LogP contribution is 2.42. The van der Waals surface area contributed by atoms with Crippen molar-refractivity contribution in [3.05, 3.63) is 41.5 Å². The Hall–Kier alpha value is -1.77. The Labute approximate surface area is 100 Å². The number of carboxylic acid groups (broad SMARTS) is 1. The molecule has 1 atom stereocenters. The third kappa shape index (κ3) is 1.54. The van der Waals surface area contributed by atoms with Crippen molar-refractivity contribution in [1.82, 2.24) is 4.90 Å². The van der Waals surface area contributed by atoms with Crippen molar-refractivity contribution < 1.29 is 9.90 Å². The SMILES string of the molecule is O=C(O)N1CCC2(CC=Cc3ccccc32)C1. The molecule has 1 aliphatic carbocycles. The summed E-state index contributed by atoms with van der Waals surface area (Å²) >= 11 is 0. The predicted octanol–water partition coefficient (Wildman–Crippen LogP) is 2.73. The largest absolute Gasteiger partial charge is 0.465 e. The second kappa shape index (κ2) is 3.62. The van der Waals surface area contributed by atoms with E-state index < -0.39 is 6.09 Å². The number of hydrogen-bond donors (Lipinski definition) is 1. The molecular formula is C14H15NO2. The number of carbonyl (C=O) groups is 1. The van der Waals surface area contributed by atoms with Gasteiger partial charge in [-0.15, -0.1) is 0 Å². The van der Waals surface area contributed by atoms with Gasteiger partial charge in [-0.05, 0) is 24.0 Å². The quantitative estimate of drug-likeness (QED) is 0.743. The van der Waals surface area contributed by atoms with Gasteiger partial charge in [-0.25, -0.2) is 4.79 Å². The number of benzene rings is 1. The Morgan fingerprint density at radius 2 is 2.18 bits per heavy atom. The number of rotatable bonds is 0. The summed E-state index contributed by atoms with van der Waals surface area (Å²) in [4.78, 5) is 12.6. The molecule has 0 aromatic heterocycles. The zero-order valence-corrected chi connectivity index (χ0v) is 9.60. The summed E-state index contributed by atoms with van der Waals surface area (Å²) < 4.78 is 0. The van der Waals surface area contributed by atoms with Crippen molar-refractivity contribution in [2.45, 2.75) is 18.3 Å². The highest BCUT2D eigenvalue weighted by Gasteiger charge is 2.42. The number of allylic oxidation sites excluding steroid dienone is 1. The van der Waals surface area contributed by atoms with Gasteiger partial charge < -0.3 is 10.0 Å². The van der Waals surface area contributed by atoms with Gasteiger partial charge in [-0.3, -0.25) is 0 Å². The fourth-order valence-electron chi connectivity index (χ4n) is 3.07. The van der Waals surface area contributed by atoms with E-state index in [1.807, 2.05) is 12.1 Å². The van der Waals surface area contributed by atoms with E-state index in [0.717, 1.165) is 12.8 Å². The molecule has 1 amide bonds. The summed E-state index contributed by atoms with van der Waals surface area (Å²) in [5.74, 6) is 0. The lowest BCUT2D eigenvalue weighted by Gasteiger charge is -2.32. The van der Waals surface area contributed by atoms with E-state index in [0.29, 0.717) is 13.1 Å². The minimum Gasteiger partial charge on any atom is -0.465 e. The van der Waals surface area contributed by atoms with Gasteiger partial charge in [0.15, 0.2) is 0 Å². The van der Waals surface area contributed by atoms with Crippen molar-refractivity contribution in [2.75, 3.05) is 13.1 Å². The van der Waals surface area contributed by atoms with E-state index in [9.17, 15) is 4.79 Å². The van der Waals surface area contributed by atoms with Gasteiger partial charge in [0.2, 0.25) is 0 Å². The monoisotopic (exact) mass is 229 g/mol. The molecule has 1 saturated heterocycles. The van der Waals surface area contributed by atoms with Crippen LogP contribution in [0.3, 0.4) is 0 Å². The molecule has 17 heavy (non-hydrogen) atoms. The minimum atomic E-state index is -0.797. The predicted molar refractivity (Wildman–Crippen MR) is 66.0 cm³/mol. The number of fused-ring (bicyclic) bond motifs is 2. The normalized spacial score (nSPS) is 26.2. The van der Waals surface area contributed by atoms with Crippen LogP contribution in [-0.2, 0) is 5.41 Å². The van der Waals surface area contributed by atoms with E-state index in [1.54, 1.807) is 0 Å². The first kappa shape index (κ1) is 10.4. The molecule has 2 aliphatic rings. The fraction of sp³-hybridized carbons (Fsp3) is 0.357. The summed E-state index contributed by atoms with van der Waals surface area (Å²) in [7, 11) is 0. The van der Waals surface area contributed by atoms with Crippen molar-refractivity contribution in [2.24, 2.45) is 0 Å². The van der Waals surface area contributed by atoms with Crippen LogP contribution < -0.4 is 0 Å². The molecule has 1 unspecified atom stereocenters. The lowest BCUT2D eigenvalue weighted by atomic mass is 9.72. The highest BCUT2D eigenvalue weighted by molar-refractivity contribution is 5.67. The second-order valence-corrected chi connectivity index (χ2v) is 4.93. The third-order valence-electron chi connectivity index (χ3n) is 3.96. The maximum absolute atomic E-state index is 11.0. The smallest absolute Gasteiger partial charge is 0.407 e. The average Bonchev–Trinajstić information content (AvgIpc) is 2.75. The van der Waals surface area contributed by atoms with Crippen LogP contribution in [-0.4, -0.2) is 29.2 Å². The molecule has 1 aromatic rings. The summed E-state index contributed by atoms with van der Waals surface area (Å²) in [5, 5.41) is 9.08. The van der Waals surface area contributed by atoms with Crippen LogP contribution in [0.15, 0.2) is 30.3 Å². The first-order chi connectivity index (χ1) is 8.21. The van der Waals surface area contributed by atoms with Gasteiger partial charge >= 0.3 is 6.09 Å². The highest BCUT2D eigenvalue weighted by atomic mass is 16.4. The van der Waals surface area contributed by atoms with Crippen LogP contribution >= 0.6 is 0 Å². The summed E-state index contributed by atoms with van der Waals surface area (Å²) in [5.41, 5.74) is 2.57. The van der Waals surface area contributed by atoms with Crippen molar-refractivity contribution in [3.8, 4) is 0 Å². The average molecular weight is 229 g/mol. The molecule has 3 nitrogen and oxygen atoms in total. The molecule has 3 heteroatoms. The molecule has 1 fully saturated rings. The molecule has 1 N–H and O–H groups in total. The first-order valence-corrected chi connectivity index (χ1v) is 5.95. The third-order valence-corrected chi connectivity index (χ3v) is 3.96. The lowest BCUT2D eigenvalue weighted by Crippen LogP contribution is -2.34. The van der Waals surface area contributed by atoms with Crippen LogP contribution in [0.2, 0.25) is 0 Å². The van der Waals surface area contributed by atoms with Crippen LogP contribution in [0.5, 0.6) is 0 Å². The molecule has 3 rings (SSSR count). The fourth-order valence-corrected chi connectivity index (χ4v) is 3.07. The standard InChI is InChI=1S/C14H15NO2/c16-13(17)15-9-8-14(10-15)7-3-5-11-4-1-2-6-12(11)14/h1-6H,7-10H2,(H,16,17). The Balaban J connectivity index is 2.00. The molecular weight excluding hydrogens is 214 g/mol. The van der Waals surface area contributed by atoms with Gasteiger partial charge in [-0.1, -0.05) is 36.4 Å². The van der Waals surface area contributed by atoms with Gasteiger partial charge in [0.1, 0.15) is 0 Å². The Kier molecular flexibility index (Phi) is 2.21. The van der Waals surface area contributed by atoms with Gasteiger partial charge in [0, 0.05) is 18.5 Å². The van der Waals surface area contributed by atoms with E-state index in [2.05, 4.69) is 24.3 Å². The number of amides is 1. The Bertz CT molecular complexity index is 495. The van der Waals surface area contributed by atoms with Crippen LogP contribution in [0, 0.1) is 0 Å². The summed E-state index contributed by atoms with van der Waals surface area (Å²) in [6.45, 7) is 1.28. The molecule has 0 bridgehead atoms. The molecule has 1 aliphatic heterocycles. The summed E-state index contributed by atoms with van der Waals surface area (Å²) in [6, 6.07) is 8.33. The first-order valence-electron chi connectivity index (χ1n) is 5.95. The van der Waals surface area contributed by atoms with Crippen molar-refractivity contribution in [1.29, 1.82) is 0 Å². The maximum Gasteiger partial charge on any atom is 0.407 e. The van der Waals surface area contributed by atoms with E-state index in [-0.39, 0.29) is 5.41 Å². The van der Waals surface area contributed by atoms with Crippen LogP contribution in [0.1, 0.15) is 24.0 Å².